The van der Waals surface area contributed by atoms with Crippen molar-refractivity contribution in [1.82, 2.24) is 9.88 Å². The summed E-state index contributed by atoms with van der Waals surface area (Å²) in [6, 6.07) is 13.0. The first-order chi connectivity index (χ1) is 15.5. The number of fused-ring (bicyclic) bond motifs is 1. The van der Waals surface area contributed by atoms with Crippen LogP contribution in [0.5, 0.6) is 0 Å². The topological polar surface area (TPSA) is 98.3 Å². The lowest BCUT2D eigenvalue weighted by atomic mass is 10.1. The number of nitro benzene ring substituents is 1. The van der Waals surface area contributed by atoms with E-state index in [-0.39, 0.29) is 17.1 Å². The quantitative estimate of drug-likeness (QED) is 0.464. The average molecular weight is 434 g/mol. The monoisotopic (exact) mass is 434 g/mol. The van der Waals surface area contributed by atoms with Gasteiger partial charge in [-0.25, -0.2) is 9.37 Å². The number of nitrogens with one attached hydrogen (secondary N) is 1. The van der Waals surface area contributed by atoms with Gasteiger partial charge in [-0.1, -0.05) is 13.0 Å². The van der Waals surface area contributed by atoms with Crippen molar-refractivity contribution in [2.45, 2.75) is 13.5 Å². The number of anilines is 2. The molecule has 1 saturated heterocycles. The van der Waals surface area contributed by atoms with Gasteiger partial charge >= 0.3 is 0 Å². The lowest BCUT2D eigenvalue weighted by Gasteiger charge is -2.35. The summed E-state index contributed by atoms with van der Waals surface area (Å²) in [4.78, 5) is 19.4. The number of hydrogen-bond donors (Lipinski definition) is 1. The Labute approximate surface area is 185 Å². The molecular formula is C23H23FN6O2. The van der Waals surface area contributed by atoms with E-state index in [1.807, 2.05) is 12.1 Å². The van der Waals surface area contributed by atoms with Gasteiger partial charge in [0, 0.05) is 50.2 Å². The number of nitrogens with zero attached hydrogens (tertiary/aromatic N) is 5. The van der Waals surface area contributed by atoms with Gasteiger partial charge < -0.3 is 15.1 Å². The van der Waals surface area contributed by atoms with Crippen molar-refractivity contribution in [3.63, 3.8) is 0 Å². The highest BCUT2D eigenvalue weighted by molar-refractivity contribution is 5.88. The molecule has 0 unspecified atom stereocenters. The van der Waals surface area contributed by atoms with Crippen molar-refractivity contribution in [3.05, 3.63) is 69.5 Å². The van der Waals surface area contributed by atoms with Crippen LogP contribution in [0.15, 0.2) is 42.5 Å². The first-order valence-corrected chi connectivity index (χ1v) is 10.5. The summed E-state index contributed by atoms with van der Waals surface area (Å²) in [6.45, 7) is 6.93. The van der Waals surface area contributed by atoms with Gasteiger partial charge in [0.05, 0.1) is 27.8 Å². The highest BCUT2D eigenvalue weighted by Crippen LogP contribution is 2.26. The van der Waals surface area contributed by atoms with Gasteiger partial charge in [-0.3, -0.25) is 10.1 Å². The van der Waals surface area contributed by atoms with Crippen molar-refractivity contribution < 1.29 is 9.31 Å². The molecular weight excluding hydrogens is 411 g/mol. The maximum absolute atomic E-state index is 14.8. The van der Waals surface area contributed by atoms with Gasteiger partial charge in [0.2, 0.25) is 0 Å². The number of nitriles is 1. The number of nitro groups is 1. The van der Waals surface area contributed by atoms with Crippen LogP contribution in [0.3, 0.4) is 0 Å². The molecule has 164 valence electrons. The molecule has 1 aliphatic rings. The van der Waals surface area contributed by atoms with Gasteiger partial charge in [-0.05, 0) is 36.4 Å². The fourth-order valence-electron chi connectivity index (χ4n) is 3.92. The zero-order valence-electron chi connectivity index (χ0n) is 17.7. The number of aromatic nitrogens is 1. The Hall–Kier alpha value is -3.77. The third kappa shape index (κ3) is 4.45. The third-order valence-corrected chi connectivity index (χ3v) is 5.77. The van der Waals surface area contributed by atoms with Gasteiger partial charge in [0.1, 0.15) is 11.6 Å². The molecule has 8 nitrogen and oxygen atoms in total. The Morgan fingerprint density at radius 1 is 1.19 bits per heavy atom. The van der Waals surface area contributed by atoms with E-state index in [1.165, 1.54) is 24.3 Å². The minimum absolute atomic E-state index is 0.0943. The Balaban J connectivity index is 1.48. The fourth-order valence-corrected chi connectivity index (χ4v) is 3.92. The van der Waals surface area contributed by atoms with Crippen LogP contribution in [0.2, 0.25) is 0 Å². The maximum Gasteiger partial charge on any atom is 0.270 e. The summed E-state index contributed by atoms with van der Waals surface area (Å²) in [5, 5.41) is 24.0. The van der Waals surface area contributed by atoms with Crippen molar-refractivity contribution in [2.24, 2.45) is 0 Å². The Morgan fingerprint density at radius 2 is 1.97 bits per heavy atom. The summed E-state index contributed by atoms with van der Waals surface area (Å²) in [5.74, 6) is 0.189. The number of benzene rings is 2. The van der Waals surface area contributed by atoms with Crippen LogP contribution in [0, 0.1) is 27.3 Å². The minimum Gasteiger partial charge on any atom is -0.367 e. The summed E-state index contributed by atoms with van der Waals surface area (Å²) in [6.07, 6.45) is 0. The molecule has 4 rings (SSSR count). The van der Waals surface area contributed by atoms with Crippen molar-refractivity contribution in [2.75, 3.05) is 42.9 Å². The first kappa shape index (κ1) is 21.5. The molecule has 0 amide bonds. The number of pyridine rings is 1. The fraction of sp³-hybridized carbons (Fsp3) is 0.304. The van der Waals surface area contributed by atoms with E-state index in [9.17, 15) is 19.8 Å². The largest absolute Gasteiger partial charge is 0.367 e. The Morgan fingerprint density at radius 3 is 2.62 bits per heavy atom. The molecule has 0 radical (unpaired) electrons. The van der Waals surface area contributed by atoms with E-state index in [4.69, 9.17) is 0 Å². The maximum atomic E-state index is 14.8. The number of halogens is 1. The molecule has 3 aromatic rings. The van der Waals surface area contributed by atoms with Crippen LogP contribution in [-0.4, -0.2) is 47.5 Å². The summed E-state index contributed by atoms with van der Waals surface area (Å²) in [5.41, 5.74) is 2.03. The van der Waals surface area contributed by atoms with Crippen LogP contribution in [-0.2, 0) is 6.54 Å². The number of piperazine rings is 1. The van der Waals surface area contributed by atoms with E-state index in [0.29, 0.717) is 29.0 Å². The highest BCUT2D eigenvalue weighted by atomic mass is 19.1. The highest BCUT2D eigenvalue weighted by Gasteiger charge is 2.18. The molecule has 1 fully saturated rings. The molecule has 2 aromatic carbocycles. The van der Waals surface area contributed by atoms with Crippen LogP contribution in [0.25, 0.3) is 10.9 Å². The average Bonchev–Trinajstić information content (AvgIpc) is 2.82. The second kappa shape index (κ2) is 9.16. The molecule has 2 heterocycles. The molecule has 9 heteroatoms. The second-order valence-corrected chi connectivity index (χ2v) is 7.69. The molecule has 0 aliphatic carbocycles. The number of likely N-dealkylation sites (N-methyl/N-ethyl adjacent to an activating group) is 1. The minimum atomic E-state index is -0.505. The predicted octanol–water partition coefficient (Wildman–Crippen LogP) is 3.91. The zero-order chi connectivity index (χ0) is 22.7. The van der Waals surface area contributed by atoms with E-state index >= 15 is 0 Å². The number of rotatable bonds is 6. The molecule has 32 heavy (non-hydrogen) atoms. The van der Waals surface area contributed by atoms with E-state index in [2.05, 4.69) is 33.1 Å². The van der Waals surface area contributed by atoms with Crippen LogP contribution in [0.1, 0.15) is 18.1 Å². The lowest BCUT2D eigenvalue weighted by molar-refractivity contribution is -0.384. The summed E-state index contributed by atoms with van der Waals surface area (Å²) in [7, 11) is 0. The van der Waals surface area contributed by atoms with Crippen molar-refractivity contribution in [3.8, 4) is 6.07 Å². The van der Waals surface area contributed by atoms with Gasteiger partial charge in [-0.15, -0.1) is 0 Å². The molecule has 0 atom stereocenters. The zero-order valence-corrected chi connectivity index (χ0v) is 17.7. The summed E-state index contributed by atoms with van der Waals surface area (Å²) < 4.78 is 14.8. The number of non-ortho nitro benzene ring substituents is 1. The normalized spacial score (nSPS) is 14.3. The van der Waals surface area contributed by atoms with Crippen molar-refractivity contribution >= 4 is 28.1 Å². The molecule has 0 saturated carbocycles. The SMILES string of the molecule is CCN1CCN(c2ccc(CNc3cc(C#N)c4cc([N+](=O)[O-])ccc4n3)cc2F)CC1. The van der Waals surface area contributed by atoms with Crippen molar-refractivity contribution in [1.29, 1.82) is 5.26 Å². The number of hydrogen-bond acceptors (Lipinski definition) is 7. The molecule has 0 spiro atoms. The van der Waals surface area contributed by atoms with Crippen LogP contribution >= 0.6 is 0 Å². The Bertz CT molecular complexity index is 1200. The van der Waals surface area contributed by atoms with E-state index < -0.39 is 4.92 Å². The smallest absolute Gasteiger partial charge is 0.270 e. The third-order valence-electron chi connectivity index (χ3n) is 5.77. The molecule has 0 bridgehead atoms. The first-order valence-electron chi connectivity index (χ1n) is 10.5. The lowest BCUT2D eigenvalue weighted by Crippen LogP contribution is -2.46. The van der Waals surface area contributed by atoms with Crippen LogP contribution in [0.4, 0.5) is 21.6 Å². The molecule has 1 aromatic heterocycles. The Kier molecular flexibility index (Phi) is 6.14. The van der Waals surface area contributed by atoms with Gasteiger partial charge in [0.25, 0.3) is 5.69 Å². The standard InChI is InChI=1S/C23H23FN6O2/c1-2-28-7-9-29(10-8-28)22-6-3-16(11-20(22)24)15-26-23-12-17(14-25)19-13-18(30(31)32)4-5-21(19)27-23/h3-6,11-13H,2,7-10,15H2,1H3,(H,26,27). The molecule has 1 aliphatic heterocycles. The van der Waals surface area contributed by atoms with Gasteiger partial charge in [0.15, 0.2) is 0 Å². The second-order valence-electron chi connectivity index (χ2n) is 7.69. The van der Waals surface area contributed by atoms with Gasteiger partial charge in [-0.2, -0.15) is 5.26 Å². The van der Waals surface area contributed by atoms with Crippen LogP contribution < -0.4 is 10.2 Å². The van der Waals surface area contributed by atoms with E-state index in [1.54, 1.807) is 6.07 Å². The van der Waals surface area contributed by atoms with E-state index in [0.717, 1.165) is 38.3 Å². The predicted molar refractivity (Wildman–Crippen MR) is 121 cm³/mol. The summed E-state index contributed by atoms with van der Waals surface area (Å²) >= 11 is 0. The molecule has 1 N–H and O–H groups in total.